The monoisotopic (exact) mass is 398 g/mol. The molecule has 0 aromatic heterocycles. The normalized spacial score (nSPS) is 11.5. The maximum atomic E-state index is 12.9. The van der Waals surface area contributed by atoms with Gasteiger partial charge in [-0.05, 0) is 36.4 Å². The van der Waals surface area contributed by atoms with Crippen LogP contribution in [0.25, 0.3) is 0 Å². The summed E-state index contributed by atoms with van der Waals surface area (Å²) < 4.78 is 0. The second-order valence-electron chi connectivity index (χ2n) is 5.79. The maximum Gasteiger partial charge on any atom is 0.252 e. The molecular formula is C21H16Cl2N2O2. The molecule has 0 aliphatic rings. The van der Waals surface area contributed by atoms with E-state index in [1.165, 1.54) is 0 Å². The summed E-state index contributed by atoms with van der Waals surface area (Å²) in [7, 11) is 0. The van der Waals surface area contributed by atoms with E-state index in [-0.39, 0.29) is 5.91 Å². The molecular weight excluding hydrogens is 383 g/mol. The summed E-state index contributed by atoms with van der Waals surface area (Å²) in [6, 6.07) is 21.4. The molecule has 136 valence electrons. The van der Waals surface area contributed by atoms with Crippen molar-refractivity contribution in [3.05, 3.63) is 100 Å². The zero-order valence-corrected chi connectivity index (χ0v) is 15.7. The fourth-order valence-corrected chi connectivity index (χ4v) is 3.01. The number of halogens is 2. The van der Waals surface area contributed by atoms with Crippen molar-refractivity contribution in [1.82, 2.24) is 5.32 Å². The summed E-state index contributed by atoms with van der Waals surface area (Å²) in [5, 5.41) is 6.41. The van der Waals surface area contributed by atoms with Gasteiger partial charge in [0.2, 0.25) is 0 Å². The predicted molar refractivity (Wildman–Crippen MR) is 108 cm³/mol. The average Bonchev–Trinajstić information content (AvgIpc) is 2.67. The van der Waals surface area contributed by atoms with Crippen molar-refractivity contribution in [2.24, 2.45) is 0 Å². The SMILES string of the molecule is O=C(NC(C(=O)Nc1cccc(Cl)c1)c1ccccc1Cl)c1ccccc1. The van der Waals surface area contributed by atoms with Gasteiger partial charge < -0.3 is 10.6 Å². The van der Waals surface area contributed by atoms with Crippen LogP contribution in [0.3, 0.4) is 0 Å². The fourth-order valence-electron chi connectivity index (χ4n) is 2.58. The van der Waals surface area contributed by atoms with Crippen molar-refractivity contribution >= 4 is 40.7 Å². The van der Waals surface area contributed by atoms with Crippen LogP contribution in [0, 0.1) is 0 Å². The predicted octanol–water partition coefficient (Wildman–Crippen LogP) is 5.10. The van der Waals surface area contributed by atoms with E-state index < -0.39 is 11.9 Å². The molecule has 3 aromatic carbocycles. The third-order valence-corrected chi connectivity index (χ3v) is 4.46. The number of hydrogen-bond donors (Lipinski definition) is 2. The molecule has 0 fully saturated rings. The number of rotatable bonds is 5. The van der Waals surface area contributed by atoms with Crippen LogP contribution in [0.5, 0.6) is 0 Å². The second kappa shape index (κ2) is 8.71. The van der Waals surface area contributed by atoms with Gasteiger partial charge in [-0.25, -0.2) is 0 Å². The average molecular weight is 399 g/mol. The summed E-state index contributed by atoms with van der Waals surface area (Å²) in [6.07, 6.45) is 0. The van der Waals surface area contributed by atoms with Gasteiger partial charge in [-0.2, -0.15) is 0 Å². The lowest BCUT2D eigenvalue weighted by molar-refractivity contribution is -0.118. The molecule has 0 saturated carbocycles. The molecule has 0 aliphatic heterocycles. The van der Waals surface area contributed by atoms with E-state index in [0.717, 1.165) is 0 Å². The zero-order valence-electron chi connectivity index (χ0n) is 14.2. The molecule has 0 spiro atoms. The van der Waals surface area contributed by atoms with E-state index in [1.54, 1.807) is 72.8 Å². The molecule has 2 N–H and O–H groups in total. The lowest BCUT2D eigenvalue weighted by Crippen LogP contribution is -2.37. The van der Waals surface area contributed by atoms with E-state index >= 15 is 0 Å². The smallest absolute Gasteiger partial charge is 0.252 e. The third-order valence-electron chi connectivity index (χ3n) is 3.88. The summed E-state index contributed by atoms with van der Waals surface area (Å²) in [4.78, 5) is 25.5. The lowest BCUT2D eigenvalue weighted by Gasteiger charge is -2.20. The van der Waals surface area contributed by atoms with Gasteiger partial charge in [0.25, 0.3) is 11.8 Å². The van der Waals surface area contributed by atoms with Gasteiger partial charge in [-0.1, -0.05) is 65.7 Å². The van der Waals surface area contributed by atoms with Crippen LogP contribution in [0.2, 0.25) is 10.0 Å². The first-order valence-electron chi connectivity index (χ1n) is 8.21. The van der Waals surface area contributed by atoms with Gasteiger partial charge in [0, 0.05) is 26.9 Å². The Hall–Kier alpha value is -2.82. The molecule has 0 bridgehead atoms. The van der Waals surface area contributed by atoms with Crippen molar-refractivity contribution in [1.29, 1.82) is 0 Å². The molecule has 27 heavy (non-hydrogen) atoms. The van der Waals surface area contributed by atoms with Gasteiger partial charge in [0.05, 0.1) is 0 Å². The van der Waals surface area contributed by atoms with Crippen LogP contribution in [-0.4, -0.2) is 11.8 Å². The maximum absolute atomic E-state index is 12.9. The van der Waals surface area contributed by atoms with Crippen LogP contribution in [0.15, 0.2) is 78.9 Å². The zero-order chi connectivity index (χ0) is 19.2. The molecule has 0 heterocycles. The van der Waals surface area contributed by atoms with E-state index in [2.05, 4.69) is 10.6 Å². The number of benzene rings is 3. The van der Waals surface area contributed by atoms with Crippen LogP contribution in [0.4, 0.5) is 5.69 Å². The highest BCUT2D eigenvalue weighted by Gasteiger charge is 2.25. The number of nitrogens with one attached hydrogen (secondary N) is 2. The highest BCUT2D eigenvalue weighted by molar-refractivity contribution is 6.32. The van der Waals surface area contributed by atoms with Gasteiger partial charge in [-0.15, -0.1) is 0 Å². The Kier molecular flexibility index (Phi) is 6.12. The highest BCUT2D eigenvalue weighted by Crippen LogP contribution is 2.25. The Labute approximate surface area is 167 Å². The quantitative estimate of drug-likeness (QED) is 0.627. The van der Waals surface area contributed by atoms with Crippen molar-refractivity contribution in [3.63, 3.8) is 0 Å². The van der Waals surface area contributed by atoms with Gasteiger partial charge in [0.15, 0.2) is 0 Å². The largest absolute Gasteiger partial charge is 0.336 e. The molecule has 2 amide bonds. The summed E-state index contributed by atoms with van der Waals surface area (Å²) in [6.45, 7) is 0. The van der Waals surface area contributed by atoms with E-state index in [9.17, 15) is 9.59 Å². The number of amides is 2. The molecule has 0 saturated heterocycles. The molecule has 3 aromatic rings. The molecule has 3 rings (SSSR count). The summed E-state index contributed by atoms with van der Waals surface area (Å²) in [5.41, 5.74) is 1.48. The molecule has 4 nitrogen and oxygen atoms in total. The molecule has 0 aliphatic carbocycles. The minimum absolute atomic E-state index is 0.373. The number of carbonyl (C=O) groups excluding carboxylic acids is 2. The molecule has 6 heteroatoms. The van der Waals surface area contributed by atoms with E-state index in [4.69, 9.17) is 23.2 Å². The minimum Gasteiger partial charge on any atom is -0.336 e. The first-order valence-corrected chi connectivity index (χ1v) is 8.97. The van der Waals surface area contributed by atoms with Gasteiger partial charge in [0.1, 0.15) is 6.04 Å². The van der Waals surface area contributed by atoms with Crippen LogP contribution < -0.4 is 10.6 Å². The minimum atomic E-state index is -0.967. The third kappa shape index (κ3) is 4.88. The molecule has 1 atom stereocenters. The topological polar surface area (TPSA) is 58.2 Å². The molecule has 1 unspecified atom stereocenters. The van der Waals surface area contributed by atoms with Crippen LogP contribution in [-0.2, 0) is 4.79 Å². The Balaban J connectivity index is 1.89. The van der Waals surface area contributed by atoms with Gasteiger partial charge >= 0.3 is 0 Å². The lowest BCUT2D eigenvalue weighted by atomic mass is 10.0. The Bertz CT molecular complexity index is 961. The summed E-state index contributed by atoms with van der Waals surface area (Å²) >= 11 is 12.2. The number of hydrogen-bond acceptors (Lipinski definition) is 2. The second-order valence-corrected chi connectivity index (χ2v) is 6.64. The number of carbonyl (C=O) groups is 2. The van der Waals surface area contributed by atoms with E-state index in [1.807, 2.05) is 6.07 Å². The van der Waals surface area contributed by atoms with Gasteiger partial charge in [-0.3, -0.25) is 9.59 Å². The van der Waals surface area contributed by atoms with Crippen molar-refractivity contribution in [2.45, 2.75) is 6.04 Å². The fraction of sp³-hybridized carbons (Fsp3) is 0.0476. The van der Waals surface area contributed by atoms with Crippen molar-refractivity contribution in [3.8, 4) is 0 Å². The Morgan fingerprint density at radius 2 is 1.52 bits per heavy atom. The van der Waals surface area contributed by atoms with Crippen LogP contribution in [0.1, 0.15) is 22.0 Å². The first kappa shape index (κ1) is 19.0. The summed E-state index contributed by atoms with van der Waals surface area (Å²) in [5.74, 6) is -0.795. The van der Waals surface area contributed by atoms with Crippen LogP contribution >= 0.6 is 23.2 Å². The molecule has 0 radical (unpaired) electrons. The van der Waals surface area contributed by atoms with Crippen molar-refractivity contribution < 1.29 is 9.59 Å². The highest BCUT2D eigenvalue weighted by atomic mass is 35.5. The Morgan fingerprint density at radius 1 is 0.815 bits per heavy atom. The Morgan fingerprint density at radius 3 is 2.22 bits per heavy atom. The number of anilines is 1. The van der Waals surface area contributed by atoms with E-state index in [0.29, 0.717) is 26.9 Å². The van der Waals surface area contributed by atoms with Crippen molar-refractivity contribution in [2.75, 3.05) is 5.32 Å². The first-order chi connectivity index (χ1) is 13.0. The standard InChI is InChI=1S/C21H16Cl2N2O2/c22-15-9-6-10-16(13-15)24-21(27)19(17-11-4-5-12-18(17)23)25-20(26)14-7-2-1-3-8-14/h1-13,19H,(H,24,27)(H,25,26).